The number of anilines is 2. The van der Waals surface area contributed by atoms with E-state index in [2.05, 4.69) is 15.6 Å². The molecule has 10 heteroatoms. The van der Waals surface area contributed by atoms with E-state index in [0.717, 1.165) is 16.7 Å². The lowest BCUT2D eigenvalue weighted by atomic mass is 10.2. The highest BCUT2D eigenvalue weighted by Crippen LogP contribution is 2.32. The van der Waals surface area contributed by atoms with Gasteiger partial charge >= 0.3 is 0 Å². The number of amidine groups is 1. The van der Waals surface area contributed by atoms with Crippen LogP contribution in [0.15, 0.2) is 53.5 Å². The molecule has 2 N–H and O–H groups in total. The summed E-state index contributed by atoms with van der Waals surface area (Å²) in [7, 11) is 0. The van der Waals surface area contributed by atoms with Crippen LogP contribution in [0, 0.1) is 11.5 Å². The van der Waals surface area contributed by atoms with E-state index < -0.39 is 11.2 Å². The minimum Gasteiger partial charge on any atom is -0.326 e. The number of aliphatic imine (C=N–C) groups is 1. The fraction of sp³-hybridized carbons (Fsp3) is 0.150. The molecule has 0 spiro atoms. The van der Waals surface area contributed by atoms with Crippen LogP contribution in [0.2, 0.25) is 5.02 Å². The van der Waals surface area contributed by atoms with Crippen LogP contribution in [-0.2, 0) is 14.4 Å². The highest BCUT2D eigenvalue weighted by atomic mass is 35.5. The number of nitrogens with zero attached hydrogens (tertiary/aromatic N) is 3. The third-order valence-electron chi connectivity index (χ3n) is 4.04. The number of thioether (sulfide) groups is 1. The van der Waals surface area contributed by atoms with Crippen LogP contribution in [0.5, 0.6) is 0 Å². The van der Waals surface area contributed by atoms with E-state index in [1.807, 2.05) is 0 Å². The van der Waals surface area contributed by atoms with Crippen molar-refractivity contribution in [2.45, 2.75) is 18.6 Å². The first-order valence-corrected chi connectivity index (χ1v) is 10.0. The summed E-state index contributed by atoms with van der Waals surface area (Å²) in [5, 5.41) is 13.9. The topological polar surface area (TPSA) is 115 Å². The minimum atomic E-state index is -0.741. The van der Waals surface area contributed by atoms with Gasteiger partial charge in [0.2, 0.25) is 17.7 Å². The van der Waals surface area contributed by atoms with E-state index in [1.54, 1.807) is 54.7 Å². The molecule has 0 unspecified atom stereocenters. The Balaban J connectivity index is 1.78. The molecule has 2 aromatic carbocycles. The highest BCUT2D eigenvalue weighted by Gasteiger charge is 2.40. The Morgan fingerprint density at radius 1 is 1.23 bits per heavy atom. The highest BCUT2D eigenvalue weighted by molar-refractivity contribution is 8.15. The summed E-state index contributed by atoms with van der Waals surface area (Å²) in [5.41, 5.74) is 1.40. The number of benzene rings is 2. The van der Waals surface area contributed by atoms with Gasteiger partial charge < -0.3 is 5.32 Å². The zero-order chi connectivity index (χ0) is 21.7. The van der Waals surface area contributed by atoms with Gasteiger partial charge in [0.05, 0.1) is 16.4 Å². The number of hydrogen-bond donors (Lipinski definition) is 2. The van der Waals surface area contributed by atoms with Gasteiger partial charge in [0, 0.05) is 19.0 Å². The first kappa shape index (κ1) is 21.4. The molecule has 0 saturated carbocycles. The Labute approximate surface area is 181 Å². The lowest BCUT2D eigenvalue weighted by Gasteiger charge is -2.15. The average molecular weight is 442 g/mol. The van der Waals surface area contributed by atoms with Gasteiger partial charge in [0.15, 0.2) is 11.4 Å². The second-order valence-electron chi connectivity index (χ2n) is 6.21. The van der Waals surface area contributed by atoms with Crippen molar-refractivity contribution in [3.05, 3.63) is 53.6 Å². The molecular formula is C20H16ClN5O3S. The molecule has 152 valence electrons. The molecule has 8 nitrogen and oxygen atoms in total. The fourth-order valence-corrected chi connectivity index (χ4v) is 3.92. The molecule has 2 aromatic rings. The van der Waals surface area contributed by atoms with Gasteiger partial charge in [0.25, 0.3) is 0 Å². The van der Waals surface area contributed by atoms with Crippen molar-refractivity contribution in [1.29, 1.82) is 5.26 Å². The van der Waals surface area contributed by atoms with Gasteiger partial charge in [-0.15, -0.1) is 0 Å². The second kappa shape index (κ2) is 9.43. The number of carbonyl (C=O) groups excluding carboxylic acids is 3. The normalized spacial score (nSPS) is 16.4. The third kappa shape index (κ3) is 4.97. The minimum absolute atomic E-state index is 0.0361. The van der Waals surface area contributed by atoms with E-state index in [1.165, 1.54) is 6.92 Å². The van der Waals surface area contributed by atoms with Crippen molar-refractivity contribution in [1.82, 2.24) is 5.32 Å². The third-order valence-corrected chi connectivity index (χ3v) is 5.43. The zero-order valence-electron chi connectivity index (χ0n) is 15.8. The van der Waals surface area contributed by atoms with E-state index in [4.69, 9.17) is 16.9 Å². The standard InChI is InChI=1S/C20H16ClN5O3S/c1-12(27)24-13-6-8-14(9-7-13)26-18(28)10-17(19(26)29)30-20(23-11-22)25-16-5-3-2-4-15(16)21/h2-9,17H,10H2,1H3,(H,23,25)(H,24,27)/t17-/m0/s1. The summed E-state index contributed by atoms with van der Waals surface area (Å²) in [5.74, 6) is -0.995. The van der Waals surface area contributed by atoms with Crippen molar-refractivity contribution >= 4 is 63.3 Å². The summed E-state index contributed by atoms with van der Waals surface area (Å²) in [6.45, 7) is 1.39. The summed E-state index contributed by atoms with van der Waals surface area (Å²) < 4.78 is 0. The van der Waals surface area contributed by atoms with Gasteiger partial charge in [-0.1, -0.05) is 35.5 Å². The lowest BCUT2D eigenvalue weighted by molar-refractivity contribution is -0.121. The number of amides is 3. The molecule has 0 aromatic heterocycles. The van der Waals surface area contributed by atoms with Crippen LogP contribution in [0.1, 0.15) is 13.3 Å². The first-order chi connectivity index (χ1) is 14.4. The van der Waals surface area contributed by atoms with E-state index in [9.17, 15) is 14.4 Å². The molecule has 1 aliphatic rings. The van der Waals surface area contributed by atoms with Crippen LogP contribution in [-0.4, -0.2) is 28.1 Å². The SMILES string of the molecule is CC(=O)Nc1ccc(N2C(=O)C[C@H](SC(=Nc3ccccc3Cl)NC#N)C2=O)cc1. The Morgan fingerprint density at radius 3 is 2.57 bits per heavy atom. The van der Waals surface area contributed by atoms with E-state index in [0.29, 0.717) is 22.1 Å². The van der Waals surface area contributed by atoms with Crippen LogP contribution in [0.4, 0.5) is 17.1 Å². The molecule has 1 atom stereocenters. The largest absolute Gasteiger partial charge is 0.326 e. The summed E-state index contributed by atoms with van der Waals surface area (Å²) in [4.78, 5) is 41.9. The molecule has 30 heavy (non-hydrogen) atoms. The summed E-state index contributed by atoms with van der Waals surface area (Å²) >= 11 is 7.09. The summed E-state index contributed by atoms with van der Waals surface area (Å²) in [6, 6.07) is 13.2. The van der Waals surface area contributed by atoms with Gasteiger partial charge in [-0.3, -0.25) is 19.7 Å². The Hall–Kier alpha value is -3.35. The molecule has 3 amide bonds. The number of carbonyl (C=O) groups is 3. The molecule has 0 radical (unpaired) electrons. The molecule has 1 saturated heterocycles. The quantitative estimate of drug-likeness (QED) is 0.247. The smallest absolute Gasteiger partial charge is 0.247 e. The second-order valence-corrected chi connectivity index (χ2v) is 7.81. The molecule has 1 aliphatic heterocycles. The van der Waals surface area contributed by atoms with Crippen molar-refractivity contribution < 1.29 is 14.4 Å². The predicted octanol–water partition coefficient (Wildman–Crippen LogP) is 3.42. The number of rotatable bonds is 4. The number of para-hydroxylation sites is 1. The Bertz CT molecular complexity index is 1060. The summed E-state index contributed by atoms with van der Waals surface area (Å²) in [6.07, 6.45) is 1.75. The molecule has 0 bridgehead atoms. The van der Waals surface area contributed by atoms with Gasteiger partial charge in [-0.25, -0.2) is 9.89 Å². The van der Waals surface area contributed by atoms with Gasteiger partial charge in [-0.2, -0.15) is 5.26 Å². The maximum absolute atomic E-state index is 12.9. The maximum atomic E-state index is 12.9. The van der Waals surface area contributed by atoms with Crippen molar-refractivity contribution in [3.63, 3.8) is 0 Å². The van der Waals surface area contributed by atoms with Crippen molar-refractivity contribution in [2.24, 2.45) is 4.99 Å². The molecule has 0 aliphatic carbocycles. The van der Waals surface area contributed by atoms with E-state index >= 15 is 0 Å². The van der Waals surface area contributed by atoms with E-state index in [-0.39, 0.29) is 23.4 Å². The van der Waals surface area contributed by atoms with Gasteiger partial charge in [-0.05, 0) is 36.4 Å². The lowest BCUT2D eigenvalue weighted by Crippen LogP contribution is -2.32. The monoisotopic (exact) mass is 441 g/mol. The number of halogens is 1. The van der Waals surface area contributed by atoms with Crippen molar-refractivity contribution in [2.75, 3.05) is 10.2 Å². The number of nitriles is 1. The number of hydrogen-bond acceptors (Lipinski definition) is 6. The van der Waals surface area contributed by atoms with Crippen molar-refractivity contribution in [3.8, 4) is 6.19 Å². The number of nitrogens with one attached hydrogen (secondary N) is 2. The molecule has 1 heterocycles. The average Bonchev–Trinajstić information content (AvgIpc) is 2.97. The fourth-order valence-electron chi connectivity index (χ4n) is 2.78. The van der Waals surface area contributed by atoms with Crippen LogP contribution < -0.4 is 15.5 Å². The molecule has 1 fully saturated rings. The Morgan fingerprint density at radius 2 is 1.93 bits per heavy atom. The van der Waals surface area contributed by atoms with Gasteiger partial charge in [0.1, 0.15) is 5.25 Å². The first-order valence-electron chi connectivity index (χ1n) is 8.78. The van der Waals surface area contributed by atoms with Crippen LogP contribution in [0.3, 0.4) is 0 Å². The molecule has 3 rings (SSSR count). The maximum Gasteiger partial charge on any atom is 0.247 e. The Kier molecular flexibility index (Phi) is 6.72. The zero-order valence-corrected chi connectivity index (χ0v) is 17.3. The van der Waals surface area contributed by atoms with Crippen LogP contribution in [0.25, 0.3) is 0 Å². The predicted molar refractivity (Wildman–Crippen MR) is 117 cm³/mol. The number of imide groups is 1. The van der Waals surface area contributed by atoms with Crippen LogP contribution >= 0.6 is 23.4 Å². The molecular weight excluding hydrogens is 426 g/mol.